The first-order valence-electron chi connectivity index (χ1n) is 12.6. The van der Waals surface area contributed by atoms with Gasteiger partial charge >= 0.3 is 12.1 Å². The van der Waals surface area contributed by atoms with E-state index < -0.39 is 23.6 Å². The van der Waals surface area contributed by atoms with Crippen molar-refractivity contribution < 1.29 is 24.2 Å². The van der Waals surface area contributed by atoms with Gasteiger partial charge < -0.3 is 20.5 Å². The molecule has 7 heteroatoms. The van der Waals surface area contributed by atoms with E-state index in [0.717, 1.165) is 54.4 Å². The van der Waals surface area contributed by atoms with Crippen molar-refractivity contribution in [3.05, 3.63) is 59.7 Å². The first-order valence-corrected chi connectivity index (χ1v) is 12.6. The van der Waals surface area contributed by atoms with Crippen molar-refractivity contribution in [2.24, 2.45) is 5.92 Å². The molecule has 35 heavy (non-hydrogen) atoms. The molecule has 1 atom stereocenters. The SMILES string of the molecule is O=C(O)CC1(NC(=O)C(NC(=O)OCC2c3ccccc3-c3ccccc32)C2CC2)CCCCC1. The maximum Gasteiger partial charge on any atom is 0.407 e. The minimum atomic E-state index is -0.917. The lowest BCUT2D eigenvalue weighted by Gasteiger charge is -2.38. The van der Waals surface area contributed by atoms with Crippen molar-refractivity contribution in [3.63, 3.8) is 0 Å². The predicted molar refractivity (Wildman–Crippen MR) is 131 cm³/mol. The quantitative estimate of drug-likeness (QED) is 0.517. The average molecular weight is 477 g/mol. The van der Waals surface area contributed by atoms with Crippen LogP contribution in [0.15, 0.2) is 48.5 Å². The molecule has 2 aromatic rings. The molecule has 5 rings (SSSR count). The van der Waals surface area contributed by atoms with Crippen molar-refractivity contribution in [2.75, 3.05) is 6.61 Å². The van der Waals surface area contributed by atoms with Gasteiger partial charge in [0.25, 0.3) is 0 Å². The molecule has 0 aliphatic heterocycles. The second-order valence-corrected chi connectivity index (χ2v) is 10.2. The number of hydrogen-bond acceptors (Lipinski definition) is 4. The van der Waals surface area contributed by atoms with Crippen molar-refractivity contribution >= 4 is 18.0 Å². The molecule has 0 saturated heterocycles. The Hall–Kier alpha value is -3.35. The van der Waals surface area contributed by atoms with Gasteiger partial charge in [0.1, 0.15) is 12.6 Å². The summed E-state index contributed by atoms with van der Waals surface area (Å²) in [6.07, 6.45) is 5.11. The van der Waals surface area contributed by atoms with E-state index in [2.05, 4.69) is 34.9 Å². The number of carboxylic acid groups (broad SMARTS) is 1. The van der Waals surface area contributed by atoms with Crippen molar-refractivity contribution in [1.29, 1.82) is 0 Å². The van der Waals surface area contributed by atoms with Gasteiger partial charge in [0.15, 0.2) is 0 Å². The van der Waals surface area contributed by atoms with E-state index in [0.29, 0.717) is 12.8 Å². The number of ether oxygens (including phenoxy) is 1. The van der Waals surface area contributed by atoms with Crippen molar-refractivity contribution in [1.82, 2.24) is 10.6 Å². The molecule has 0 aromatic heterocycles. The highest BCUT2D eigenvalue weighted by Crippen LogP contribution is 2.44. The van der Waals surface area contributed by atoms with Crippen molar-refractivity contribution in [2.45, 2.75) is 68.9 Å². The van der Waals surface area contributed by atoms with Crippen molar-refractivity contribution in [3.8, 4) is 11.1 Å². The summed E-state index contributed by atoms with van der Waals surface area (Å²) >= 11 is 0. The van der Waals surface area contributed by atoms with Crippen LogP contribution in [-0.4, -0.2) is 41.3 Å². The second-order valence-electron chi connectivity index (χ2n) is 10.2. The van der Waals surface area contributed by atoms with E-state index >= 15 is 0 Å². The smallest absolute Gasteiger partial charge is 0.407 e. The van der Waals surface area contributed by atoms with Gasteiger partial charge in [-0.05, 0) is 53.9 Å². The largest absolute Gasteiger partial charge is 0.481 e. The first kappa shape index (κ1) is 23.4. The lowest BCUT2D eigenvalue weighted by Crippen LogP contribution is -2.57. The Morgan fingerprint density at radius 2 is 1.54 bits per heavy atom. The molecule has 0 bridgehead atoms. The summed E-state index contributed by atoms with van der Waals surface area (Å²) in [6.45, 7) is 0.182. The van der Waals surface area contributed by atoms with E-state index in [1.165, 1.54) is 0 Å². The zero-order valence-electron chi connectivity index (χ0n) is 19.8. The molecule has 1 unspecified atom stereocenters. The summed E-state index contributed by atoms with van der Waals surface area (Å²) in [5, 5.41) is 15.2. The molecule has 184 valence electrons. The fourth-order valence-corrected chi connectivity index (χ4v) is 5.80. The maximum atomic E-state index is 13.2. The number of alkyl carbamates (subject to hydrolysis) is 1. The second kappa shape index (κ2) is 9.72. The van der Waals surface area contributed by atoms with Gasteiger partial charge in [-0.25, -0.2) is 4.79 Å². The molecule has 0 spiro atoms. The Morgan fingerprint density at radius 1 is 0.943 bits per heavy atom. The molecule has 2 aromatic carbocycles. The average Bonchev–Trinajstić information content (AvgIpc) is 3.63. The molecule has 2 saturated carbocycles. The van der Waals surface area contributed by atoms with Crippen LogP contribution in [0.1, 0.15) is 68.4 Å². The third-order valence-electron chi connectivity index (χ3n) is 7.68. The highest BCUT2D eigenvalue weighted by atomic mass is 16.5. The number of nitrogens with one attached hydrogen (secondary N) is 2. The summed E-state index contributed by atoms with van der Waals surface area (Å²) in [7, 11) is 0. The number of benzene rings is 2. The van der Waals surface area contributed by atoms with Crippen LogP contribution in [0.4, 0.5) is 4.79 Å². The lowest BCUT2D eigenvalue weighted by molar-refractivity contribution is -0.139. The number of carbonyl (C=O) groups excluding carboxylic acids is 2. The zero-order chi connectivity index (χ0) is 24.4. The Bertz CT molecular complexity index is 1070. The Kier molecular flexibility index (Phi) is 6.50. The normalized spacial score (nSPS) is 19.2. The number of amides is 2. The van der Waals surface area contributed by atoms with E-state index in [-0.39, 0.29) is 30.8 Å². The zero-order valence-corrected chi connectivity index (χ0v) is 19.8. The molecule has 3 aliphatic carbocycles. The van der Waals surface area contributed by atoms with E-state index in [9.17, 15) is 19.5 Å². The Morgan fingerprint density at radius 3 is 2.11 bits per heavy atom. The van der Waals surface area contributed by atoms with E-state index in [1.54, 1.807) is 0 Å². The number of aliphatic carboxylic acids is 1. The Balaban J connectivity index is 1.24. The van der Waals surface area contributed by atoms with Crippen LogP contribution in [0.3, 0.4) is 0 Å². The number of fused-ring (bicyclic) bond motifs is 3. The lowest BCUT2D eigenvalue weighted by atomic mass is 9.79. The van der Waals surface area contributed by atoms with Gasteiger partial charge in [0, 0.05) is 5.92 Å². The summed E-state index contributed by atoms with van der Waals surface area (Å²) < 4.78 is 5.65. The fraction of sp³-hybridized carbons (Fsp3) is 0.464. The van der Waals surface area contributed by atoms with Gasteiger partial charge in [-0.1, -0.05) is 67.8 Å². The topological polar surface area (TPSA) is 105 Å². The van der Waals surface area contributed by atoms with Gasteiger partial charge in [-0.2, -0.15) is 0 Å². The van der Waals surface area contributed by atoms with Crippen LogP contribution < -0.4 is 10.6 Å². The highest BCUT2D eigenvalue weighted by Gasteiger charge is 2.42. The number of carbonyl (C=O) groups is 3. The molecular weight excluding hydrogens is 444 g/mol. The molecule has 0 radical (unpaired) electrons. The van der Waals surface area contributed by atoms with E-state index in [4.69, 9.17) is 4.74 Å². The minimum absolute atomic E-state index is 0.0533. The van der Waals surface area contributed by atoms with Crippen LogP contribution in [0.5, 0.6) is 0 Å². The summed E-state index contributed by atoms with van der Waals surface area (Å²) in [5.41, 5.74) is 3.83. The van der Waals surface area contributed by atoms with Gasteiger partial charge in [-0.3, -0.25) is 9.59 Å². The number of hydrogen-bond donors (Lipinski definition) is 3. The van der Waals surface area contributed by atoms with Gasteiger partial charge in [0.05, 0.1) is 12.0 Å². The van der Waals surface area contributed by atoms with Crippen LogP contribution in [0, 0.1) is 5.92 Å². The third kappa shape index (κ3) is 5.04. The van der Waals surface area contributed by atoms with Gasteiger partial charge in [0.2, 0.25) is 5.91 Å². The molecule has 7 nitrogen and oxygen atoms in total. The molecule has 3 aliphatic rings. The molecule has 2 fully saturated rings. The summed E-state index contributed by atoms with van der Waals surface area (Å²) in [5.74, 6) is -1.22. The summed E-state index contributed by atoms with van der Waals surface area (Å²) in [6, 6.07) is 15.6. The fourth-order valence-electron chi connectivity index (χ4n) is 5.80. The minimum Gasteiger partial charge on any atom is -0.481 e. The molecule has 0 heterocycles. The molecular formula is C28H32N2O5. The Labute approximate surface area is 205 Å². The third-order valence-corrected chi connectivity index (χ3v) is 7.68. The first-order chi connectivity index (χ1) is 17.0. The van der Waals surface area contributed by atoms with Gasteiger partial charge in [-0.15, -0.1) is 0 Å². The standard InChI is InChI=1S/C28H32N2O5/c31-24(32)16-28(14-6-1-7-15-28)30-26(33)25(18-12-13-18)29-27(34)35-17-23-21-10-4-2-8-19(21)20-9-3-5-11-22(20)23/h2-5,8-11,18,23,25H,1,6-7,12-17H2,(H,29,34)(H,30,33)(H,31,32). The van der Waals surface area contributed by atoms with Crippen LogP contribution in [0.2, 0.25) is 0 Å². The van der Waals surface area contributed by atoms with Crippen LogP contribution >= 0.6 is 0 Å². The van der Waals surface area contributed by atoms with E-state index in [1.807, 2.05) is 24.3 Å². The summed E-state index contributed by atoms with van der Waals surface area (Å²) in [4.78, 5) is 37.5. The highest BCUT2D eigenvalue weighted by molar-refractivity contribution is 5.87. The maximum absolute atomic E-state index is 13.2. The van der Waals surface area contributed by atoms with Crippen LogP contribution in [0.25, 0.3) is 11.1 Å². The molecule has 3 N–H and O–H groups in total. The monoisotopic (exact) mass is 476 g/mol. The number of rotatable bonds is 8. The predicted octanol–water partition coefficient (Wildman–Crippen LogP) is 4.60. The van der Waals surface area contributed by atoms with Crippen LogP contribution in [-0.2, 0) is 14.3 Å². The number of carboxylic acids is 1. The molecule has 2 amide bonds.